The van der Waals surface area contributed by atoms with E-state index in [4.69, 9.17) is 5.26 Å². The largest absolute Gasteiger partial charge is 0.196 e. The second-order valence-corrected chi connectivity index (χ2v) is 6.54. The van der Waals surface area contributed by atoms with E-state index in [-0.39, 0.29) is 5.41 Å². The minimum atomic E-state index is 0.142. The first-order valence-electron chi connectivity index (χ1n) is 7.51. The first-order valence-corrected chi connectivity index (χ1v) is 7.51. The number of rotatable bonds is 2. The summed E-state index contributed by atoms with van der Waals surface area (Å²) in [4.78, 5) is 0. The van der Waals surface area contributed by atoms with Crippen LogP contribution in [0.1, 0.15) is 32.0 Å². The fourth-order valence-corrected chi connectivity index (χ4v) is 2.52. The van der Waals surface area contributed by atoms with Crippen LogP contribution >= 0.6 is 0 Å². The van der Waals surface area contributed by atoms with E-state index in [2.05, 4.69) is 72.6 Å². The van der Waals surface area contributed by atoms with Crippen LogP contribution in [0.2, 0.25) is 0 Å². The molecule has 114 valence electrons. The summed E-state index contributed by atoms with van der Waals surface area (Å²) < 4.78 is 0. The zero-order valence-electron chi connectivity index (χ0n) is 13.5. The molecule has 1 aromatic heterocycles. The lowest BCUT2D eigenvalue weighted by atomic mass is 9.86. The van der Waals surface area contributed by atoms with E-state index in [1.54, 1.807) is 0 Å². The van der Waals surface area contributed by atoms with Gasteiger partial charge in [-0.25, -0.2) is 0 Å². The smallest absolute Gasteiger partial charge is 0.190 e. The number of hydrogen-bond acceptors (Lipinski definition) is 3. The summed E-state index contributed by atoms with van der Waals surface area (Å²) in [6.07, 6.45) is 0. The fourth-order valence-electron chi connectivity index (χ4n) is 2.52. The highest BCUT2D eigenvalue weighted by Gasteiger charge is 2.14. The van der Waals surface area contributed by atoms with Crippen molar-refractivity contribution in [2.75, 3.05) is 0 Å². The molecule has 0 aliphatic rings. The Balaban J connectivity index is 1.99. The second kappa shape index (κ2) is 5.69. The molecule has 0 unspecified atom stereocenters. The van der Waals surface area contributed by atoms with Crippen LogP contribution in [-0.2, 0) is 5.41 Å². The van der Waals surface area contributed by atoms with Crippen LogP contribution in [0.3, 0.4) is 0 Å². The number of nitrogens with one attached hydrogen (secondary N) is 1. The van der Waals surface area contributed by atoms with Gasteiger partial charge in [-0.1, -0.05) is 63.2 Å². The monoisotopic (exact) mass is 302 g/mol. The summed E-state index contributed by atoms with van der Waals surface area (Å²) >= 11 is 0. The van der Waals surface area contributed by atoms with E-state index in [1.807, 2.05) is 18.2 Å². The summed E-state index contributed by atoms with van der Waals surface area (Å²) in [5.74, 6) is 0. The van der Waals surface area contributed by atoms with Gasteiger partial charge in [0.1, 0.15) is 11.8 Å². The van der Waals surface area contributed by atoms with E-state index in [0.29, 0.717) is 11.4 Å². The van der Waals surface area contributed by atoms with Gasteiger partial charge in [0.2, 0.25) is 0 Å². The lowest BCUT2D eigenvalue weighted by Crippen LogP contribution is -2.10. The Morgan fingerprint density at radius 2 is 1.61 bits per heavy atom. The van der Waals surface area contributed by atoms with Crippen LogP contribution < -0.4 is 0 Å². The van der Waals surface area contributed by atoms with E-state index in [1.165, 1.54) is 5.56 Å². The molecular formula is C19H18N4. The molecule has 0 aliphatic carbocycles. The maximum absolute atomic E-state index is 9.09. The van der Waals surface area contributed by atoms with Gasteiger partial charge in [-0.2, -0.15) is 15.6 Å². The molecule has 0 bridgehead atoms. The summed E-state index contributed by atoms with van der Waals surface area (Å²) in [6, 6.07) is 18.6. The van der Waals surface area contributed by atoms with Gasteiger partial charge in [0, 0.05) is 5.56 Å². The Kier molecular flexibility index (Phi) is 3.71. The summed E-state index contributed by atoms with van der Waals surface area (Å²) in [6.45, 7) is 6.61. The van der Waals surface area contributed by atoms with Crippen molar-refractivity contribution in [2.24, 2.45) is 0 Å². The average molecular weight is 302 g/mol. The zero-order chi connectivity index (χ0) is 16.4. The Morgan fingerprint density at radius 1 is 0.913 bits per heavy atom. The normalized spacial score (nSPS) is 11.2. The number of aromatic nitrogens is 3. The highest BCUT2D eigenvalue weighted by atomic mass is 15.3. The Labute approximate surface area is 135 Å². The number of hydrogen-bond donors (Lipinski definition) is 1. The fraction of sp³-hybridized carbons (Fsp3) is 0.211. The SMILES string of the molecule is CC(C)(C)c1ccc(-c2cccc(-c3n[nH]nc3C#N)c2)cc1. The van der Waals surface area contributed by atoms with Gasteiger partial charge >= 0.3 is 0 Å². The van der Waals surface area contributed by atoms with Crippen molar-refractivity contribution >= 4 is 0 Å². The van der Waals surface area contributed by atoms with Gasteiger partial charge in [-0.15, -0.1) is 5.10 Å². The van der Waals surface area contributed by atoms with E-state index >= 15 is 0 Å². The molecular weight excluding hydrogens is 284 g/mol. The molecule has 3 rings (SSSR count). The molecule has 1 heterocycles. The van der Waals surface area contributed by atoms with Crippen molar-refractivity contribution in [3.63, 3.8) is 0 Å². The van der Waals surface area contributed by atoms with Crippen LogP contribution in [0.15, 0.2) is 48.5 Å². The molecule has 3 aromatic rings. The first kappa shape index (κ1) is 15.0. The average Bonchev–Trinajstić information content (AvgIpc) is 3.03. The molecule has 0 saturated heterocycles. The molecule has 0 amide bonds. The van der Waals surface area contributed by atoms with E-state index < -0.39 is 0 Å². The lowest BCUT2D eigenvalue weighted by Gasteiger charge is -2.19. The minimum Gasteiger partial charge on any atom is -0.196 e. The van der Waals surface area contributed by atoms with Crippen molar-refractivity contribution in [1.82, 2.24) is 15.4 Å². The minimum absolute atomic E-state index is 0.142. The van der Waals surface area contributed by atoms with Gasteiger partial charge < -0.3 is 0 Å². The standard InChI is InChI=1S/C19H18N4/c1-19(2,3)16-9-7-13(8-10-16)14-5-4-6-15(11-14)18-17(12-20)21-23-22-18/h4-11H,1-3H3,(H,21,22,23). The van der Waals surface area contributed by atoms with Crippen molar-refractivity contribution in [3.05, 3.63) is 59.8 Å². The Morgan fingerprint density at radius 3 is 2.26 bits per heavy atom. The molecule has 2 aromatic carbocycles. The van der Waals surface area contributed by atoms with Crippen LogP contribution in [-0.4, -0.2) is 15.4 Å². The third-order valence-electron chi connectivity index (χ3n) is 3.87. The maximum atomic E-state index is 9.09. The number of nitrogens with zero attached hydrogens (tertiary/aromatic N) is 3. The molecule has 0 saturated carbocycles. The topological polar surface area (TPSA) is 65.4 Å². The number of aromatic amines is 1. The van der Waals surface area contributed by atoms with E-state index in [9.17, 15) is 0 Å². The number of H-pyrrole nitrogens is 1. The molecule has 0 aliphatic heterocycles. The van der Waals surface area contributed by atoms with Crippen molar-refractivity contribution in [2.45, 2.75) is 26.2 Å². The first-order chi connectivity index (χ1) is 11.0. The molecule has 1 N–H and O–H groups in total. The summed E-state index contributed by atoms with van der Waals surface area (Å²) in [7, 11) is 0. The number of benzene rings is 2. The predicted molar refractivity (Wildman–Crippen MR) is 90.7 cm³/mol. The molecule has 0 atom stereocenters. The molecule has 4 heteroatoms. The number of nitriles is 1. The van der Waals surface area contributed by atoms with Gasteiger partial charge in [-0.05, 0) is 28.2 Å². The second-order valence-electron chi connectivity index (χ2n) is 6.54. The predicted octanol–water partition coefficient (Wildman–Crippen LogP) is 4.31. The molecule has 0 fully saturated rings. The summed E-state index contributed by atoms with van der Waals surface area (Å²) in [5, 5.41) is 19.5. The Bertz CT molecular complexity index is 861. The highest BCUT2D eigenvalue weighted by molar-refractivity contribution is 5.73. The van der Waals surface area contributed by atoms with Crippen molar-refractivity contribution in [3.8, 4) is 28.5 Å². The van der Waals surface area contributed by atoms with Crippen molar-refractivity contribution in [1.29, 1.82) is 5.26 Å². The van der Waals surface area contributed by atoms with Crippen molar-refractivity contribution < 1.29 is 0 Å². The van der Waals surface area contributed by atoms with Crippen LogP contribution in [0, 0.1) is 11.3 Å². The van der Waals surface area contributed by atoms with Crippen LogP contribution in [0.4, 0.5) is 0 Å². The quantitative estimate of drug-likeness (QED) is 0.767. The zero-order valence-corrected chi connectivity index (χ0v) is 13.5. The third kappa shape index (κ3) is 3.00. The molecule has 23 heavy (non-hydrogen) atoms. The van der Waals surface area contributed by atoms with Gasteiger partial charge in [0.15, 0.2) is 5.69 Å². The van der Waals surface area contributed by atoms with Gasteiger partial charge in [0.05, 0.1) is 0 Å². The van der Waals surface area contributed by atoms with E-state index in [0.717, 1.165) is 16.7 Å². The van der Waals surface area contributed by atoms with Gasteiger partial charge in [0.25, 0.3) is 0 Å². The van der Waals surface area contributed by atoms with Crippen LogP contribution in [0.5, 0.6) is 0 Å². The van der Waals surface area contributed by atoms with Gasteiger partial charge in [-0.3, -0.25) is 0 Å². The van der Waals surface area contributed by atoms with Crippen LogP contribution in [0.25, 0.3) is 22.4 Å². The Hall–Kier alpha value is -2.93. The molecule has 0 spiro atoms. The summed E-state index contributed by atoms with van der Waals surface area (Å²) in [5.41, 5.74) is 5.46. The third-order valence-corrected chi connectivity index (χ3v) is 3.87. The molecule has 0 radical (unpaired) electrons. The molecule has 4 nitrogen and oxygen atoms in total. The lowest BCUT2D eigenvalue weighted by molar-refractivity contribution is 0.590. The maximum Gasteiger partial charge on any atom is 0.190 e. The highest BCUT2D eigenvalue weighted by Crippen LogP contribution is 2.29.